The molecule has 1 aromatic carbocycles. The van der Waals surface area contributed by atoms with E-state index in [1.165, 1.54) is 11.9 Å². The summed E-state index contributed by atoms with van der Waals surface area (Å²) in [6.45, 7) is 3.46. The molecule has 0 aromatic heterocycles. The second-order valence-corrected chi connectivity index (χ2v) is 4.57. The molecule has 1 saturated heterocycles. The number of piperazine rings is 1. The van der Waals surface area contributed by atoms with Crippen LogP contribution >= 0.6 is 0 Å². The van der Waals surface area contributed by atoms with Crippen LogP contribution in [0.5, 0.6) is 0 Å². The van der Waals surface area contributed by atoms with Gasteiger partial charge in [-0.2, -0.15) is 0 Å². The van der Waals surface area contributed by atoms with Gasteiger partial charge in [0.2, 0.25) is 5.91 Å². The minimum atomic E-state index is -0.599. The molecule has 1 fully saturated rings. The van der Waals surface area contributed by atoms with E-state index in [0.29, 0.717) is 0 Å². The molecule has 104 valence electrons. The molecule has 6 heteroatoms. The van der Waals surface area contributed by atoms with Gasteiger partial charge in [-0.1, -0.05) is 0 Å². The van der Waals surface area contributed by atoms with Crippen molar-refractivity contribution in [3.8, 4) is 0 Å². The maximum atomic E-state index is 13.6. The van der Waals surface area contributed by atoms with Crippen molar-refractivity contribution in [1.82, 2.24) is 10.2 Å². The van der Waals surface area contributed by atoms with Gasteiger partial charge in [-0.05, 0) is 12.1 Å². The average molecular weight is 269 g/mol. The van der Waals surface area contributed by atoms with Crippen molar-refractivity contribution in [1.29, 1.82) is 0 Å². The molecule has 0 bridgehead atoms. The first kappa shape index (κ1) is 13.9. The van der Waals surface area contributed by atoms with Gasteiger partial charge in [0.15, 0.2) is 0 Å². The Balaban J connectivity index is 2.03. The summed E-state index contributed by atoms with van der Waals surface area (Å²) in [5, 5.41) is 3.19. The van der Waals surface area contributed by atoms with Crippen LogP contribution in [0.15, 0.2) is 18.2 Å². The van der Waals surface area contributed by atoms with Crippen molar-refractivity contribution in [3.63, 3.8) is 0 Å². The molecule has 0 radical (unpaired) electrons. The first-order valence-corrected chi connectivity index (χ1v) is 6.22. The quantitative estimate of drug-likeness (QED) is 0.883. The Hall–Kier alpha value is -1.53. The molecule has 1 aliphatic heterocycles. The number of amides is 1. The van der Waals surface area contributed by atoms with Crippen LogP contribution in [-0.4, -0.2) is 50.6 Å². The van der Waals surface area contributed by atoms with E-state index < -0.39 is 11.6 Å². The van der Waals surface area contributed by atoms with Gasteiger partial charge in [0.05, 0.1) is 12.2 Å². The van der Waals surface area contributed by atoms with Crippen LogP contribution in [0.1, 0.15) is 0 Å². The van der Waals surface area contributed by atoms with Crippen molar-refractivity contribution < 1.29 is 13.6 Å². The van der Waals surface area contributed by atoms with Crippen molar-refractivity contribution in [2.75, 3.05) is 44.7 Å². The van der Waals surface area contributed by atoms with Crippen LogP contribution in [0.3, 0.4) is 0 Å². The van der Waals surface area contributed by atoms with E-state index in [2.05, 4.69) is 5.32 Å². The van der Waals surface area contributed by atoms with Crippen molar-refractivity contribution in [2.45, 2.75) is 0 Å². The van der Waals surface area contributed by atoms with Crippen LogP contribution in [0, 0.1) is 11.6 Å². The summed E-state index contributed by atoms with van der Waals surface area (Å²) in [5.41, 5.74) is -0.0277. The number of hydrogen-bond acceptors (Lipinski definition) is 3. The minimum absolute atomic E-state index is 0.0277. The average Bonchev–Trinajstić information content (AvgIpc) is 2.42. The third-order valence-electron chi connectivity index (χ3n) is 3.21. The number of nitrogens with one attached hydrogen (secondary N) is 1. The highest BCUT2D eigenvalue weighted by Gasteiger charge is 2.19. The fourth-order valence-electron chi connectivity index (χ4n) is 2.04. The van der Waals surface area contributed by atoms with E-state index in [-0.39, 0.29) is 18.1 Å². The van der Waals surface area contributed by atoms with Gasteiger partial charge in [-0.15, -0.1) is 0 Å². The van der Waals surface area contributed by atoms with E-state index in [1.807, 2.05) is 4.90 Å². The fourth-order valence-corrected chi connectivity index (χ4v) is 2.04. The van der Waals surface area contributed by atoms with Crippen LogP contribution < -0.4 is 10.2 Å². The number of hydrogen-bond donors (Lipinski definition) is 1. The zero-order valence-electron chi connectivity index (χ0n) is 10.8. The lowest BCUT2D eigenvalue weighted by Gasteiger charge is -2.28. The highest BCUT2D eigenvalue weighted by molar-refractivity contribution is 5.94. The topological polar surface area (TPSA) is 35.6 Å². The SMILES string of the molecule is CN(C(=O)CN1CCNCC1)c1cc(F)ccc1F. The molecule has 0 saturated carbocycles. The number of carbonyl (C=O) groups is 1. The largest absolute Gasteiger partial charge is 0.314 e. The Morgan fingerprint density at radius 3 is 2.74 bits per heavy atom. The predicted octanol–water partition coefficient (Wildman–Crippen LogP) is 0.833. The summed E-state index contributed by atoms with van der Waals surface area (Å²) < 4.78 is 26.7. The maximum Gasteiger partial charge on any atom is 0.240 e. The third kappa shape index (κ3) is 3.48. The summed E-state index contributed by atoms with van der Waals surface area (Å²) >= 11 is 0. The van der Waals surface area contributed by atoms with Gasteiger partial charge in [-0.3, -0.25) is 9.69 Å². The smallest absolute Gasteiger partial charge is 0.240 e. The molecule has 1 aliphatic rings. The molecule has 0 spiro atoms. The first-order valence-electron chi connectivity index (χ1n) is 6.22. The molecule has 0 atom stereocenters. The van der Waals surface area contributed by atoms with Gasteiger partial charge in [-0.25, -0.2) is 8.78 Å². The van der Waals surface area contributed by atoms with Crippen LogP contribution in [0.4, 0.5) is 14.5 Å². The first-order chi connectivity index (χ1) is 9.08. The standard InChI is InChI=1S/C13H17F2N3O/c1-17(12-8-10(14)2-3-11(12)15)13(19)9-18-6-4-16-5-7-18/h2-3,8,16H,4-7,9H2,1H3. The lowest BCUT2D eigenvalue weighted by molar-refractivity contribution is -0.119. The predicted molar refractivity (Wildman–Crippen MR) is 69.1 cm³/mol. The van der Waals surface area contributed by atoms with Gasteiger partial charge in [0.25, 0.3) is 0 Å². The molecule has 1 N–H and O–H groups in total. The zero-order valence-corrected chi connectivity index (χ0v) is 10.8. The Morgan fingerprint density at radius 1 is 1.37 bits per heavy atom. The zero-order chi connectivity index (χ0) is 13.8. The number of benzene rings is 1. The van der Waals surface area contributed by atoms with Crippen LogP contribution in [-0.2, 0) is 4.79 Å². The Morgan fingerprint density at radius 2 is 2.05 bits per heavy atom. The number of nitrogens with zero attached hydrogens (tertiary/aromatic N) is 2. The lowest BCUT2D eigenvalue weighted by atomic mass is 10.2. The second-order valence-electron chi connectivity index (χ2n) is 4.57. The Kier molecular flexibility index (Phi) is 4.44. The van der Waals surface area contributed by atoms with Gasteiger partial charge >= 0.3 is 0 Å². The minimum Gasteiger partial charge on any atom is -0.314 e. The summed E-state index contributed by atoms with van der Waals surface area (Å²) in [6, 6.07) is 3.09. The van der Waals surface area contributed by atoms with E-state index in [0.717, 1.165) is 44.4 Å². The van der Waals surface area contributed by atoms with Gasteiger partial charge in [0, 0.05) is 39.3 Å². The molecule has 1 amide bonds. The van der Waals surface area contributed by atoms with E-state index in [9.17, 15) is 13.6 Å². The van der Waals surface area contributed by atoms with E-state index in [1.54, 1.807) is 0 Å². The summed E-state index contributed by atoms with van der Waals surface area (Å²) in [6.07, 6.45) is 0. The number of rotatable bonds is 3. The summed E-state index contributed by atoms with van der Waals surface area (Å²) in [4.78, 5) is 15.2. The molecule has 0 unspecified atom stereocenters. The molecular weight excluding hydrogens is 252 g/mol. The van der Waals surface area contributed by atoms with Gasteiger partial charge < -0.3 is 10.2 Å². The summed E-state index contributed by atoms with van der Waals surface area (Å²) in [5.74, 6) is -1.40. The van der Waals surface area contributed by atoms with Crippen molar-refractivity contribution in [3.05, 3.63) is 29.8 Å². The van der Waals surface area contributed by atoms with Crippen LogP contribution in [0.2, 0.25) is 0 Å². The van der Waals surface area contributed by atoms with Crippen LogP contribution in [0.25, 0.3) is 0 Å². The third-order valence-corrected chi connectivity index (χ3v) is 3.21. The Labute approximate surface area is 111 Å². The molecule has 2 rings (SSSR count). The lowest BCUT2D eigenvalue weighted by Crippen LogP contribution is -2.48. The van der Waals surface area contributed by atoms with Gasteiger partial charge in [0.1, 0.15) is 11.6 Å². The van der Waals surface area contributed by atoms with Crippen molar-refractivity contribution >= 4 is 11.6 Å². The van der Waals surface area contributed by atoms with E-state index >= 15 is 0 Å². The number of carbonyl (C=O) groups excluding carboxylic acids is 1. The number of anilines is 1. The number of likely N-dealkylation sites (N-methyl/N-ethyl adjacent to an activating group) is 1. The maximum absolute atomic E-state index is 13.6. The van der Waals surface area contributed by atoms with E-state index in [4.69, 9.17) is 0 Å². The summed E-state index contributed by atoms with van der Waals surface area (Å²) in [7, 11) is 1.46. The highest BCUT2D eigenvalue weighted by atomic mass is 19.1. The molecule has 1 heterocycles. The molecule has 1 aromatic rings. The highest BCUT2D eigenvalue weighted by Crippen LogP contribution is 2.19. The fraction of sp³-hybridized carbons (Fsp3) is 0.462. The normalized spacial score (nSPS) is 16.4. The molecule has 4 nitrogen and oxygen atoms in total. The van der Waals surface area contributed by atoms with Crippen molar-refractivity contribution in [2.24, 2.45) is 0 Å². The monoisotopic (exact) mass is 269 g/mol. The Bertz CT molecular complexity index is 461. The molecule has 0 aliphatic carbocycles. The number of halogens is 2. The molecular formula is C13H17F2N3O. The molecule has 19 heavy (non-hydrogen) atoms. The second kappa shape index (κ2) is 6.08.